The zero-order chi connectivity index (χ0) is 14.8. The summed E-state index contributed by atoms with van der Waals surface area (Å²) in [7, 11) is 4.22. The Labute approximate surface area is 130 Å². The molecule has 3 heteroatoms. The highest BCUT2D eigenvalue weighted by atomic mass is 32.1. The predicted molar refractivity (Wildman–Crippen MR) is 93.0 cm³/mol. The molecule has 0 fully saturated rings. The smallest absolute Gasteiger partial charge is 0.0572 e. The van der Waals surface area contributed by atoms with Crippen LogP contribution in [0.1, 0.15) is 24.5 Å². The summed E-state index contributed by atoms with van der Waals surface area (Å²) < 4.78 is 1.42. The molecule has 1 N–H and O–H groups in total. The monoisotopic (exact) mass is 298 g/mol. The minimum Gasteiger partial charge on any atom is -0.360 e. The van der Waals surface area contributed by atoms with E-state index in [2.05, 4.69) is 67.4 Å². The Bertz CT molecular complexity index is 737. The zero-order valence-corrected chi connectivity index (χ0v) is 13.8. The Morgan fingerprint density at radius 2 is 2.05 bits per heavy atom. The van der Waals surface area contributed by atoms with Gasteiger partial charge in [-0.1, -0.05) is 31.5 Å². The van der Waals surface area contributed by atoms with Crippen molar-refractivity contribution < 1.29 is 0 Å². The molecule has 0 aliphatic carbocycles. The fourth-order valence-corrected chi connectivity index (χ4v) is 3.91. The summed E-state index contributed by atoms with van der Waals surface area (Å²) in [5.41, 5.74) is 5.42. The van der Waals surface area contributed by atoms with Crippen LogP contribution in [0.2, 0.25) is 0 Å². The number of H-pyrrole nitrogens is 1. The topological polar surface area (TPSA) is 19.0 Å². The zero-order valence-electron chi connectivity index (χ0n) is 12.9. The van der Waals surface area contributed by atoms with Gasteiger partial charge in [0, 0.05) is 17.6 Å². The number of nitrogens with zero attached hydrogens (tertiary/aromatic N) is 1. The molecule has 110 valence electrons. The van der Waals surface area contributed by atoms with Crippen LogP contribution < -0.4 is 0 Å². The molecule has 0 bridgehead atoms. The lowest BCUT2D eigenvalue weighted by Crippen LogP contribution is -2.10. The number of aryl methyl sites for hydroxylation is 1. The lowest BCUT2D eigenvalue weighted by atomic mass is 10.1. The van der Waals surface area contributed by atoms with Gasteiger partial charge in [-0.2, -0.15) is 0 Å². The van der Waals surface area contributed by atoms with E-state index in [1.54, 1.807) is 0 Å². The lowest BCUT2D eigenvalue weighted by molar-refractivity contribution is 0.402. The summed E-state index contributed by atoms with van der Waals surface area (Å²) in [6, 6.07) is 11.2. The average molecular weight is 298 g/mol. The molecule has 0 spiro atoms. The second-order valence-corrected chi connectivity index (χ2v) is 6.91. The number of hydrogen-bond acceptors (Lipinski definition) is 2. The minimum atomic E-state index is 0.984. The Morgan fingerprint density at radius 1 is 1.19 bits per heavy atom. The second-order valence-electron chi connectivity index (χ2n) is 5.86. The van der Waals surface area contributed by atoms with E-state index >= 15 is 0 Å². The summed E-state index contributed by atoms with van der Waals surface area (Å²) in [4.78, 5) is 6.97. The first kappa shape index (κ1) is 14.4. The van der Waals surface area contributed by atoms with Crippen molar-refractivity contribution in [2.24, 2.45) is 0 Å². The quantitative estimate of drug-likeness (QED) is 0.709. The van der Waals surface area contributed by atoms with Gasteiger partial charge in [0.2, 0.25) is 0 Å². The van der Waals surface area contributed by atoms with Crippen LogP contribution in [0, 0.1) is 0 Å². The van der Waals surface area contributed by atoms with Gasteiger partial charge < -0.3 is 9.88 Å². The van der Waals surface area contributed by atoms with E-state index in [-0.39, 0.29) is 0 Å². The van der Waals surface area contributed by atoms with Crippen molar-refractivity contribution in [2.75, 3.05) is 14.1 Å². The molecule has 2 nitrogen and oxygen atoms in total. The van der Waals surface area contributed by atoms with Gasteiger partial charge in [0.1, 0.15) is 0 Å². The molecule has 0 saturated heterocycles. The van der Waals surface area contributed by atoms with Gasteiger partial charge in [-0.3, -0.25) is 0 Å². The number of benzene rings is 1. The third-order valence-corrected chi connectivity index (χ3v) is 4.91. The number of thiophene rings is 1. The molecule has 3 rings (SSSR count). The highest BCUT2D eigenvalue weighted by Gasteiger charge is 2.10. The van der Waals surface area contributed by atoms with Gasteiger partial charge >= 0.3 is 0 Å². The number of rotatable bonds is 5. The Hall–Kier alpha value is -1.58. The molecule has 0 radical (unpaired) electrons. The molecule has 0 amide bonds. The number of hydrogen-bond donors (Lipinski definition) is 1. The van der Waals surface area contributed by atoms with E-state index in [0.29, 0.717) is 0 Å². The van der Waals surface area contributed by atoms with Crippen LogP contribution in [0.15, 0.2) is 36.5 Å². The summed E-state index contributed by atoms with van der Waals surface area (Å²) in [5.74, 6) is 0. The third-order valence-electron chi connectivity index (χ3n) is 3.66. The van der Waals surface area contributed by atoms with Crippen LogP contribution in [-0.2, 0) is 13.0 Å². The van der Waals surface area contributed by atoms with Gasteiger partial charge in [-0.15, -0.1) is 11.3 Å². The van der Waals surface area contributed by atoms with Crippen LogP contribution in [-0.4, -0.2) is 24.0 Å². The van der Waals surface area contributed by atoms with Gasteiger partial charge in [0.05, 0.1) is 10.2 Å². The SMILES string of the molecule is CCCc1c[nH]c2cc(-c3cccc(CN(C)C)c3)sc12. The van der Waals surface area contributed by atoms with Crippen molar-refractivity contribution in [3.05, 3.63) is 47.7 Å². The second kappa shape index (κ2) is 6.04. The maximum atomic E-state index is 3.41. The molecule has 0 aliphatic rings. The molecular weight excluding hydrogens is 276 g/mol. The summed E-state index contributed by atoms with van der Waals surface area (Å²) in [5, 5.41) is 0. The van der Waals surface area contributed by atoms with E-state index in [1.807, 2.05) is 11.3 Å². The standard InChI is InChI=1S/C18H22N2S/c1-4-6-15-11-19-16-10-17(21-18(15)16)14-8-5-7-13(9-14)12-20(2)3/h5,7-11,19H,4,6,12H2,1-3H3. The molecule has 3 aromatic rings. The van der Waals surface area contributed by atoms with Gasteiger partial charge in [0.15, 0.2) is 0 Å². The lowest BCUT2D eigenvalue weighted by Gasteiger charge is -2.10. The van der Waals surface area contributed by atoms with Crippen LogP contribution in [0.5, 0.6) is 0 Å². The molecule has 0 saturated carbocycles. The van der Waals surface area contributed by atoms with E-state index < -0.39 is 0 Å². The first-order valence-electron chi connectivity index (χ1n) is 7.51. The van der Waals surface area contributed by atoms with Gasteiger partial charge in [-0.25, -0.2) is 0 Å². The third kappa shape index (κ3) is 3.04. The van der Waals surface area contributed by atoms with Gasteiger partial charge in [-0.05, 0) is 49.3 Å². The molecule has 0 unspecified atom stereocenters. The first-order chi connectivity index (χ1) is 10.2. The van der Waals surface area contributed by atoms with Crippen molar-refractivity contribution in [3.8, 4) is 10.4 Å². The molecule has 0 atom stereocenters. The van der Waals surface area contributed by atoms with Crippen molar-refractivity contribution >= 4 is 21.6 Å². The Kier molecular flexibility index (Phi) is 4.13. The van der Waals surface area contributed by atoms with Crippen molar-refractivity contribution in [2.45, 2.75) is 26.3 Å². The van der Waals surface area contributed by atoms with E-state index in [9.17, 15) is 0 Å². The summed E-state index contributed by atoms with van der Waals surface area (Å²) >= 11 is 1.91. The molecule has 21 heavy (non-hydrogen) atoms. The fourth-order valence-electron chi connectivity index (χ4n) is 2.75. The van der Waals surface area contributed by atoms with Crippen LogP contribution in [0.3, 0.4) is 0 Å². The largest absolute Gasteiger partial charge is 0.360 e. The summed E-state index contributed by atoms with van der Waals surface area (Å²) in [6.45, 7) is 3.22. The summed E-state index contributed by atoms with van der Waals surface area (Å²) in [6.07, 6.45) is 4.51. The molecule has 0 aliphatic heterocycles. The highest BCUT2D eigenvalue weighted by Crippen LogP contribution is 2.35. The highest BCUT2D eigenvalue weighted by molar-refractivity contribution is 7.22. The average Bonchev–Trinajstić information content (AvgIpc) is 3.01. The van der Waals surface area contributed by atoms with E-state index in [1.165, 1.54) is 38.2 Å². The van der Waals surface area contributed by atoms with Crippen LogP contribution in [0.25, 0.3) is 20.7 Å². The molecular formula is C18H22N2S. The van der Waals surface area contributed by atoms with Crippen molar-refractivity contribution in [1.82, 2.24) is 9.88 Å². The minimum absolute atomic E-state index is 0.984. The Morgan fingerprint density at radius 3 is 2.81 bits per heavy atom. The van der Waals surface area contributed by atoms with Crippen LogP contribution >= 0.6 is 11.3 Å². The predicted octanol–water partition coefficient (Wildman–Crippen LogP) is 4.91. The molecule has 2 heterocycles. The molecule has 2 aromatic heterocycles. The number of aromatic nitrogens is 1. The van der Waals surface area contributed by atoms with E-state index in [0.717, 1.165) is 13.0 Å². The van der Waals surface area contributed by atoms with Crippen molar-refractivity contribution in [3.63, 3.8) is 0 Å². The molecule has 1 aromatic carbocycles. The maximum Gasteiger partial charge on any atom is 0.0572 e. The van der Waals surface area contributed by atoms with Gasteiger partial charge in [0.25, 0.3) is 0 Å². The Balaban J connectivity index is 1.96. The van der Waals surface area contributed by atoms with Crippen LogP contribution in [0.4, 0.5) is 0 Å². The van der Waals surface area contributed by atoms with E-state index in [4.69, 9.17) is 0 Å². The number of fused-ring (bicyclic) bond motifs is 1. The number of nitrogens with one attached hydrogen (secondary N) is 1. The normalized spacial score (nSPS) is 11.6. The maximum absolute atomic E-state index is 3.41. The van der Waals surface area contributed by atoms with Crippen molar-refractivity contribution in [1.29, 1.82) is 0 Å². The number of aromatic amines is 1. The first-order valence-corrected chi connectivity index (χ1v) is 8.33. The fraction of sp³-hybridized carbons (Fsp3) is 0.333.